The Morgan fingerprint density at radius 2 is 2.11 bits per heavy atom. The van der Waals surface area contributed by atoms with E-state index in [9.17, 15) is 4.39 Å². The zero-order valence-electron chi connectivity index (χ0n) is 20.2. The molecule has 37 heavy (non-hydrogen) atoms. The van der Waals surface area contributed by atoms with Crippen LogP contribution < -0.4 is 21.2 Å². The summed E-state index contributed by atoms with van der Waals surface area (Å²) in [6.07, 6.45) is 8.31. The number of nitrogen functional groups attached to an aromatic ring is 1. The van der Waals surface area contributed by atoms with E-state index >= 15 is 4.39 Å². The van der Waals surface area contributed by atoms with Crippen LogP contribution in [0.15, 0.2) is 30.6 Å². The number of anilines is 1. The zero-order valence-corrected chi connectivity index (χ0v) is 21.4. The number of aromatic nitrogens is 4. The quantitative estimate of drug-likeness (QED) is 0.241. The van der Waals surface area contributed by atoms with Crippen molar-refractivity contribution in [3.05, 3.63) is 47.8 Å². The molecule has 0 bridgehead atoms. The third-order valence-corrected chi connectivity index (χ3v) is 7.31. The second-order valence-electron chi connectivity index (χ2n) is 9.03. The molecule has 0 saturated carbocycles. The van der Waals surface area contributed by atoms with Crippen LogP contribution in [0, 0.1) is 30.9 Å². The molecular weight excluding hydrogens is 492 g/mol. The monoisotopic (exact) mass is 516 g/mol. The van der Waals surface area contributed by atoms with E-state index in [-0.39, 0.29) is 34.4 Å². The number of benzene rings is 2. The molecule has 1 saturated heterocycles. The molecule has 2 aromatic carbocycles. The molecule has 186 valence electrons. The molecule has 1 aliphatic heterocycles. The van der Waals surface area contributed by atoms with Crippen LogP contribution in [0.1, 0.15) is 24.4 Å². The van der Waals surface area contributed by atoms with Gasteiger partial charge in [-0.05, 0) is 31.0 Å². The Morgan fingerprint density at radius 1 is 1.30 bits per heavy atom. The van der Waals surface area contributed by atoms with Crippen molar-refractivity contribution in [2.75, 3.05) is 25.4 Å². The van der Waals surface area contributed by atoms with Crippen LogP contribution in [0.4, 0.5) is 14.6 Å². The number of likely N-dealkylation sites (tertiary alicyclic amines) is 1. The Morgan fingerprint density at radius 3 is 2.86 bits per heavy atom. The number of halogens is 2. The van der Waals surface area contributed by atoms with E-state index in [0.717, 1.165) is 31.6 Å². The van der Waals surface area contributed by atoms with Gasteiger partial charge in [-0.1, -0.05) is 11.5 Å². The second kappa shape index (κ2) is 10.1. The first kappa shape index (κ1) is 25.1. The van der Waals surface area contributed by atoms with Gasteiger partial charge in [0.25, 0.3) is 0 Å². The van der Waals surface area contributed by atoms with Crippen LogP contribution in [-0.4, -0.2) is 52.1 Å². The minimum absolute atomic E-state index is 0.0317. The largest absolute Gasteiger partial charge is 0.454 e. The lowest BCUT2D eigenvalue weighted by Gasteiger charge is -2.15. The lowest BCUT2D eigenvalue weighted by atomic mass is 9.93. The molecule has 5 rings (SSSR count). The van der Waals surface area contributed by atoms with Crippen LogP contribution in [-0.2, 0) is 0 Å². The molecule has 3 heterocycles. The van der Waals surface area contributed by atoms with Crippen molar-refractivity contribution >= 4 is 44.7 Å². The topological polar surface area (TPSA) is 82.1 Å². The predicted octanol–water partition coefficient (Wildman–Crippen LogP) is 3.02. The normalized spacial score (nSPS) is 15.8. The van der Waals surface area contributed by atoms with E-state index < -0.39 is 11.6 Å². The molecule has 0 spiro atoms. The van der Waals surface area contributed by atoms with E-state index in [4.69, 9.17) is 29.8 Å². The van der Waals surface area contributed by atoms with E-state index in [0.29, 0.717) is 28.5 Å². The summed E-state index contributed by atoms with van der Waals surface area (Å²) in [5.41, 5.74) is 7.96. The van der Waals surface area contributed by atoms with Crippen molar-refractivity contribution in [2.24, 2.45) is 0 Å². The predicted molar refractivity (Wildman–Crippen MR) is 145 cm³/mol. The van der Waals surface area contributed by atoms with Gasteiger partial charge in [0.05, 0.1) is 11.4 Å². The maximum Gasteiger partial charge on any atom is 0.169 e. The number of ether oxygens (including phenoxy) is 1. The van der Waals surface area contributed by atoms with E-state index in [2.05, 4.69) is 30.0 Å². The van der Waals surface area contributed by atoms with Crippen LogP contribution in [0.5, 0.6) is 11.5 Å². The molecule has 1 fully saturated rings. The molecule has 1 aliphatic rings. The van der Waals surface area contributed by atoms with Gasteiger partial charge in [-0.25, -0.2) is 23.4 Å². The van der Waals surface area contributed by atoms with E-state index in [1.165, 1.54) is 24.5 Å². The standard InChI is InChI=1S/C26H24BF2N6OP/c1-3-4-8-34-9-7-15(12-34)35-26-20(25(30)31-13-32-26)22(33-35)17-6-5-16(11-19(17)28)36-23-21(29)18(27)10-14(2)24(23)37/h1,5-6,10-11,13,15H,4,7-9,12,37H2,2H3,(H2,30,31,32). The van der Waals surface area contributed by atoms with Crippen molar-refractivity contribution in [3.63, 3.8) is 0 Å². The van der Waals surface area contributed by atoms with E-state index in [1.807, 2.05) is 0 Å². The highest BCUT2D eigenvalue weighted by molar-refractivity contribution is 7.28. The SMILES string of the molecule is [B]c1cc(C)c(P)c(Oc2ccc(-c3nn(C4CCN(CCC#C)C4)c4ncnc(N)c34)c(F)c2)c1F. The van der Waals surface area contributed by atoms with Gasteiger partial charge in [0, 0.05) is 43.0 Å². The Labute approximate surface area is 217 Å². The molecule has 2 unspecified atom stereocenters. The minimum Gasteiger partial charge on any atom is -0.454 e. The van der Waals surface area contributed by atoms with Crippen LogP contribution in [0.25, 0.3) is 22.3 Å². The maximum absolute atomic E-state index is 15.5. The zero-order chi connectivity index (χ0) is 26.3. The third-order valence-electron chi connectivity index (χ3n) is 6.59. The number of aryl methyl sites for hydroxylation is 1. The van der Waals surface area contributed by atoms with Gasteiger partial charge in [0.1, 0.15) is 37.3 Å². The summed E-state index contributed by atoms with van der Waals surface area (Å²) >= 11 is 0. The average molecular weight is 516 g/mol. The number of nitrogens with two attached hydrogens (primary N) is 1. The molecule has 0 aliphatic carbocycles. The van der Waals surface area contributed by atoms with Gasteiger partial charge < -0.3 is 15.4 Å². The van der Waals surface area contributed by atoms with Gasteiger partial charge >= 0.3 is 0 Å². The molecule has 4 aromatic rings. The number of rotatable bonds is 6. The Hall–Kier alpha value is -3.54. The Kier molecular flexibility index (Phi) is 6.85. The van der Waals surface area contributed by atoms with Gasteiger partial charge in [-0.15, -0.1) is 21.6 Å². The van der Waals surface area contributed by atoms with Crippen LogP contribution in [0.2, 0.25) is 0 Å². The number of hydrogen-bond acceptors (Lipinski definition) is 6. The summed E-state index contributed by atoms with van der Waals surface area (Å²) in [4.78, 5) is 10.8. The number of nitrogens with zero attached hydrogens (tertiary/aromatic N) is 5. The Balaban J connectivity index is 1.52. The van der Waals surface area contributed by atoms with Crippen molar-refractivity contribution in [1.29, 1.82) is 0 Å². The van der Waals surface area contributed by atoms with Crippen molar-refractivity contribution in [3.8, 4) is 35.1 Å². The highest BCUT2D eigenvalue weighted by atomic mass is 31.0. The maximum atomic E-state index is 15.5. The smallest absolute Gasteiger partial charge is 0.169 e. The second-order valence-corrected chi connectivity index (χ2v) is 9.61. The fraction of sp³-hybridized carbons (Fsp3) is 0.269. The van der Waals surface area contributed by atoms with Crippen LogP contribution in [0.3, 0.4) is 0 Å². The average Bonchev–Trinajstić information content (AvgIpc) is 3.50. The molecule has 0 amide bonds. The summed E-state index contributed by atoms with van der Waals surface area (Å²) < 4.78 is 37.6. The number of fused-ring (bicyclic) bond motifs is 1. The van der Waals surface area contributed by atoms with Crippen molar-refractivity contribution in [2.45, 2.75) is 25.8 Å². The molecule has 2 radical (unpaired) electrons. The molecule has 7 nitrogen and oxygen atoms in total. The molecular formula is C26H24BF2N6OP. The van der Waals surface area contributed by atoms with Gasteiger partial charge in [-0.3, -0.25) is 0 Å². The molecule has 2 N–H and O–H groups in total. The van der Waals surface area contributed by atoms with Gasteiger partial charge in [0.2, 0.25) is 0 Å². The van der Waals surface area contributed by atoms with Crippen molar-refractivity contribution < 1.29 is 13.5 Å². The first-order valence-corrected chi connectivity index (χ1v) is 12.3. The third kappa shape index (κ3) is 4.65. The first-order valence-electron chi connectivity index (χ1n) is 11.7. The highest BCUT2D eigenvalue weighted by Crippen LogP contribution is 2.36. The highest BCUT2D eigenvalue weighted by Gasteiger charge is 2.29. The summed E-state index contributed by atoms with van der Waals surface area (Å²) in [6.45, 7) is 4.21. The number of hydrogen-bond donors (Lipinski definition) is 1. The van der Waals surface area contributed by atoms with E-state index in [1.54, 1.807) is 17.7 Å². The fourth-order valence-corrected chi connectivity index (χ4v) is 4.92. The van der Waals surface area contributed by atoms with Crippen molar-refractivity contribution in [1.82, 2.24) is 24.6 Å². The summed E-state index contributed by atoms with van der Waals surface area (Å²) in [5.74, 6) is 1.60. The molecule has 2 aromatic heterocycles. The van der Waals surface area contributed by atoms with Gasteiger partial charge in [-0.2, -0.15) is 5.10 Å². The summed E-state index contributed by atoms with van der Waals surface area (Å²) in [7, 11) is 8.17. The summed E-state index contributed by atoms with van der Waals surface area (Å²) in [5, 5.41) is 5.72. The fourth-order valence-electron chi connectivity index (χ4n) is 4.65. The minimum atomic E-state index is -0.706. The Bertz CT molecular complexity index is 1530. The molecule has 2 atom stereocenters. The lowest BCUT2D eigenvalue weighted by Crippen LogP contribution is -2.23. The molecule has 11 heteroatoms. The lowest BCUT2D eigenvalue weighted by molar-refractivity contribution is 0.328. The number of terminal acetylenes is 1. The van der Waals surface area contributed by atoms with Gasteiger partial charge in [0.15, 0.2) is 17.2 Å². The summed E-state index contributed by atoms with van der Waals surface area (Å²) in [6, 6.07) is 5.79. The first-order chi connectivity index (χ1) is 17.8. The van der Waals surface area contributed by atoms with Crippen LogP contribution >= 0.6 is 9.24 Å².